The fourth-order valence-electron chi connectivity index (χ4n) is 10.5. The summed E-state index contributed by atoms with van der Waals surface area (Å²) in [6, 6.07) is 18.9. The van der Waals surface area contributed by atoms with E-state index in [2.05, 4.69) is 43.8 Å². The summed E-state index contributed by atoms with van der Waals surface area (Å²) in [5.41, 5.74) is 3.50. The van der Waals surface area contributed by atoms with Crippen molar-refractivity contribution in [2.75, 3.05) is 33.5 Å². The Kier molecular flexibility index (Phi) is 18.2. The van der Waals surface area contributed by atoms with Crippen molar-refractivity contribution >= 4 is 22.6 Å². The van der Waals surface area contributed by atoms with Gasteiger partial charge in [0.2, 0.25) is 5.79 Å². The summed E-state index contributed by atoms with van der Waals surface area (Å²) >= 11 is 0. The molecule has 3 aromatic carbocycles. The number of rotatable bonds is 26. The fraction of sp³-hybridized carbons (Fsp3) is 0.577. The number of allylic oxidation sites excluding steroid dienone is 1. The Bertz CT molecular complexity index is 1940. The van der Waals surface area contributed by atoms with Gasteiger partial charge in [-0.25, -0.2) is 4.79 Å². The molecule has 338 valence electrons. The number of aliphatic hydroxyl groups excluding tert-OH is 2. The number of fused-ring (bicyclic) bond motifs is 3. The minimum Gasteiger partial charge on any atom is -0.508 e. The van der Waals surface area contributed by atoms with Crippen LogP contribution < -0.4 is 4.74 Å². The van der Waals surface area contributed by atoms with E-state index in [9.17, 15) is 20.1 Å². The van der Waals surface area contributed by atoms with E-state index in [1.807, 2.05) is 30.3 Å². The van der Waals surface area contributed by atoms with E-state index in [-0.39, 0.29) is 56.3 Å². The van der Waals surface area contributed by atoms with Crippen molar-refractivity contribution in [1.29, 1.82) is 0 Å². The van der Waals surface area contributed by atoms with Crippen LogP contribution in [0.25, 0.3) is 10.8 Å². The van der Waals surface area contributed by atoms with E-state index < -0.39 is 23.8 Å². The van der Waals surface area contributed by atoms with Crippen LogP contribution in [-0.2, 0) is 20.9 Å². The summed E-state index contributed by atoms with van der Waals surface area (Å²) < 4.78 is 20.7. The molecule has 3 N–H and O–H groups in total. The first-order chi connectivity index (χ1) is 30.4. The standard InChI is InChI=1S/C52H72N2O8/c1-4-6-7-8-9-10-11-12-13-20-33-60-51(58)54(37-40-25-21-24-38-22-14-15-26-42(38)40)48-36-46(53-59-3)44-34-39(23-16-18-30-55)43(27-17-19-31-56)49-45-35-41(57)28-29-47(45)62-52(48,50(44)49)61-32-5-2/h5,14-15,21-22,24-26,28-29,34-35,39,43,48-50,55-57H,2,4,6-13,16-20,23,27,30-33,36-37H2,1,3H3. The highest BCUT2D eigenvalue weighted by Crippen LogP contribution is 2.62. The third kappa shape index (κ3) is 11.2. The molecule has 1 heterocycles. The van der Waals surface area contributed by atoms with E-state index >= 15 is 0 Å². The molecule has 1 amide bonds. The Morgan fingerprint density at radius 1 is 0.903 bits per heavy atom. The highest BCUT2D eigenvalue weighted by Gasteiger charge is 2.65. The summed E-state index contributed by atoms with van der Waals surface area (Å²) in [7, 11) is 1.55. The molecule has 10 heteroatoms. The highest BCUT2D eigenvalue weighted by atomic mass is 16.7. The van der Waals surface area contributed by atoms with Crippen LogP contribution in [0.15, 0.2) is 90.1 Å². The normalized spacial score (nSPS) is 23.3. The highest BCUT2D eigenvalue weighted by molar-refractivity contribution is 6.03. The number of ether oxygens (including phenoxy) is 3. The van der Waals surface area contributed by atoms with Crippen molar-refractivity contribution in [3.8, 4) is 11.5 Å². The Morgan fingerprint density at radius 2 is 1.61 bits per heavy atom. The zero-order chi connectivity index (χ0) is 43.7. The van der Waals surface area contributed by atoms with Crippen LogP contribution >= 0.6 is 0 Å². The first kappa shape index (κ1) is 47.1. The van der Waals surface area contributed by atoms with Crippen LogP contribution in [0.2, 0.25) is 0 Å². The molecule has 6 rings (SSSR count). The maximum Gasteiger partial charge on any atom is 0.410 e. The van der Waals surface area contributed by atoms with Gasteiger partial charge in [0.05, 0.1) is 31.4 Å². The second-order valence-corrected chi connectivity index (χ2v) is 17.5. The lowest BCUT2D eigenvalue weighted by Gasteiger charge is -2.59. The maximum absolute atomic E-state index is 15.0. The third-order valence-corrected chi connectivity index (χ3v) is 13.4. The van der Waals surface area contributed by atoms with E-state index in [1.54, 1.807) is 24.2 Å². The van der Waals surface area contributed by atoms with Crippen molar-refractivity contribution in [3.05, 3.63) is 96.1 Å². The lowest BCUT2D eigenvalue weighted by Crippen LogP contribution is -2.70. The largest absolute Gasteiger partial charge is 0.508 e. The molecule has 6 unspecified atom stereocenters. The monoisotopic (exact) mass is 853 g/mol. The fourth-order valence-corrected chi connectivity index (χ4v) is 10.5. The van der Waals surface area contributed by atoms with Gasteiger partial charge in [-0.1, -0.05) is 137 Å². The van der Waals surface area contributed by atoms with Crippen LogP contribution in [0, 0.1) is 17.8 Å². The lowest BCUT2D eigenvalue weighted by molar-refractivity contribution is -0.256. The Labute approximate surface area is 370 Å². The van der Waals surface area contributed by atoms with Crippen LogP contribution in [0.4, 0.5) is 4.79 Å². The van der Waals surface area contributed by atoms with Gasteiger partial charge in [-0.3, -0.25) is 4.90 Å². The zero-order valence-electron chi connectivity index (χ0n) is 37.4. The van der Waals surface area contributed by atoms with Gasteiger partial charge in [-0.2, -0.15) is 0 Å². The molecular formula is C52H72N2O8. The number of benzene rings is 3. The van der Waals surface area contributed by atoms with E-state index in [1.165, 1.54) is 44.9 Å². The molecular weight excluding hydrogens is 781 g/mol. The van der Waals surface area contributed by atoms with Crippen LogP contribution in [-0.4, -0.2) is 77.4 Å². The van der Waals surface area contributed by atoms with E-state index in [0.717, 1.165) is 72.4 Å². The zero-order valence-corrected chi connectivity index (χ0v) is 37.4. The minimum atomic E-state index is -1.42. The molecule has 0 aromatic heterocycles. The first-order valence-electron chi connectivity index (χ1n) is 23.6. The number of carbonyl (C=O) groups excluding carboxylic acids is 1. The average molecular weight is 853 g/mol. The summed E-state index contributed by atoms with van der Waals surface area (Å²) in [6.45, 7) is 7.20. The molecule has 1 saturated carbocycles. The number of oxime groups is 1. The average Bonchev–Trinajstić information content (AvgIpc) is 3.28. The summed E-state index contributed by atoms with van der Waals surface area (Å²) in [4.78, 5) is 22.4. The quantitative estimate of drug-likeness (QED) is 0.0413. The number of carbonyl (C=O) groups is 1. The minimum absolute atomic E-state index is 0.0579. The smallest absolute Gasteiger partial charge is 0.410 e. The van der Waals surface area contributed by atoms with Gasteiger partial charge >= 0.3 is 6.09 Å². The van der Waals surface area contributed by atoms with Crippen molar-refractivity contribution in [3.63, 3.8) is 0 Å². The Balaban J connectivity index is 1.42. The van der Waals surface area contributed by atoms with Crippen molar-refractivity contribution in [1.82, 2.24) is 4.90 Å². The third-order valence-electron chi connectivity index (χ3n) is 13.4. The summed E-state index contributed by atoms with van der Waals surface area (Å²) in [5.74, 6) is -1.23. The predicted octanol–water partition coefficient (Wildman–Crippen LogP) is 11.4. The number of hydrogen-bond acceptors (Lipinski definition) is 9. The number of hydrogen-bond donors (Lipinski definition) is 3. The molecule has 0 saturated heterocycles. The Hall–Kier alpha value is -4.38. The van der Waals surface area contributed by atoms with Gasteiger partial charge in [0, 0.05) is 31.1 Å². The van der Waals surface area contributed by atoms with Gasteiger partial charge in [-0.05, 0) is 84.0 Å². The lowest BCUT2D eigenvalue weighted by atomic mass is 9.55. The molecule has 0 bridgehead atoms. The SMILES string of the molecule is C=CCOC12Oc3ccc(O)cc3C3C(CCCCO)C(CCCCO)C=C(C(=NOC)CC1N(Cc1cccc4ccccc14)C(=O)OCCCCCCCCCCCC)C32. The number of aromatic hydroxyl groups is 1. The van der Waals surface area contributed by atoms with Crippen molar-refractivity contribution in [2.24, 2.45) is 22.9 Å². The summed E-state index contributed by atoms with van der Waals surface area (Å²) in [5, 5.41) is 37.6. The van der Waals surface area contributed by atoms with Gasteiger partial charge in [0.15, 0.2) is 0 Å². The molecule has 62 heavy (non-hydrogen) atoms. The molecule has 10 nitrogen and oxygen atoms in total. The van der Waals surface area contributed by atoms with E-state index in [0.29, 0.717) is 30.9 Å². The molecule has 1 fully saturated rings. The maximum atomic E-state index is 15.0. The molecule has 2 aliphatic carbocycles. The number of aliphatic hydroxyl groups is 2. The van der Waals surface area contributed by atoms with Crippen LogP contribution in [0.3, 0.4) is 0 Å². The summed E-state index contributed by atoms with van der Waals surface area (Å²) in [6.07, 6.45) is 20.3. The first-order valence-corrected chi connectivity index (χ1v) is 23.6. The molecule has 0 spiro atoms. The van der Waals surface area contributed by atoms with E-state index in [4.69, 9.17) is 24.2 Å². The number of nitrogens with zero attached hydrogens (tertiary/aromatic N) is 2. The van der Waals surface area contributed by atoms with Gasteiger partial charge in [0.25, 0.3) is 0 Å². The second kappa shape index (κ2) is 23.9. The molecule has 0 radical (unpaired) electrons. The molecule has 6 atom stereocenters. The number of unbranched alkanes of at least 4 members (excludes halogenated alkanes) is 11. The van der Waals surface area contributed by atoms with Crippen molar-refractivity contribution < 1.29 is 39.2 Å². The Morgan fingerprint density at radius 3 is 2.34 bits per heavy atom. The number of amides is 1. The molecule has 1 aliphatic heterocycles. The van der Waals surface area contributed by atoms with Crippen LogP contribution in [0.5, 0.6) is 11.5 Å². The van der Waals surface area contributed by atoms with Crippen LogP contribution in [0.1, 0.15) is 133 Å². The number of phenols is 1. The predicted molar refractivity (Wildman–Crippen MR) is 246 cm³/mol. The van der Waals surface area contributed by atoms with Gasteiger partial charge < -0.3 is 34.4 Å². The number of phenolic OH excluding ortho intramolecular Hbond substituents is 1. The van der Waals surface area contributed by atoms with Gasteiger partial charge in [-0.15, -0.1) is 6.58 Å². The van der Waals surface area contributed by atoms with Crippen molar-refractivity contribution in [2.45, 2.75) is 140 Å². The molecule has 3 aliphatic rings. The second-order valence-electron chi connectivity index (χ2n) is 17.5. The topological polar surface area (TPSA) is 130 Å². The molecule has 3 aromatic rings. The van der Waals surface area contributed by atoms with Gasteiger partial charge in [0.1, 0.15) is 24.7 Å².